The lowest BCUT2D eigenvalue weighted by atomic mass is 10.1. The summed E-state index contributed by atoms with van der Waals surface area (Å²) in [6.07, 6.45) is 1.68. The van der Waals surface area contributed by atoms with E-state index in [4.69, 9.17) is 4.98 Å². The molecule has 0 saturated carbocycles. The van der Waals surface area contributed by atoms with E-state index in [9.17, 15) is 0 Å². The highest BCUT2D eigenvalue weighted by Crippen LogP contribution is 2.28. The van der Waals surface area contributed by atoms with E-state index in [1.54, 1.807) is 6.20 Å². The number of benzene rings is 3. The minimum atomic E-state index is 0.865. The number of aromatic amines is 1. The number of H-pyrrole nitrogens is 1. The summed E-state index contributed by atoms with van der Waals surface area (Å²) >= 11 is 0. The van der Waals surface area contributed by atoms with Crippen LogP contribution in [0.15, 0.2) is 85.1 Å². The molecule has 2 heterocycles. The molecule has 0 amide bonds. The zero-order valence-corrected chi connectivity index (χ0v) is 15.9. The van der Waals surface area contributed by atoms with E-state index >= 15 is 0 Å². The van der Waals surface area contributed by atoms with Crippen LogP contribution >= 0.6 is 0 Å². The molecule has 0 radical (unpaired) electrons. The van der Waals surface area contributed by atoms with E-state index in [0.29, 0.717) is 0 Å². The maximum atomic E-state index is 4.70. The van der Waals surface area contributed by atoms with Crippen molar-refractivity contribution in [1.29, 1.82) is 0 Å². The molecule has 0 fully saturated rings. The quantitative estimate of drug-likeness (QED) is 0.419. The number of hydrogen-bond acceptors (Lipinski definition) is 4. The molecule has 5 rings (SSSR count). The van der Waals surface area contributed by atoms with Gasteiger partial charge in [-0.3, -0.25) is 0 Å². The number of imidazole rings is 1. The van der Waals surface area contributed by atoms with Gasteiger partial charge in [0.05, 0.1) is 16.7 Å². The Balaban J connectivity index is 1.43. The summed E-state index contributed by atoms with van der Waals surface area (Å²) in [5, 5.41) is 11.7. The van der Waals surface area contributed by atoms with Gasteiger partial charge in [0.2, 0.25) is 0 Å². The molecule has 0 aliphatic carbocycles. The molecule has 5 nitrogen and oxygen atoms in total. The average molecular weight is 377 g/mol. The summed E-state index contributed by atoms with van der Waals surface area (Å²) in [5.41, 5.74) is 8.18. The zero-order valence-electron chi connectivity index (χ0n) is 15.9. The van der Waals surface area contributed by atoms with Gasteiger partial charge in [0, 0.05) is 28.7 Å². The molecule has 0 unspecified atom stereocenters. The van der Waals surface area contributed by atoms with Crippen LogP contribution in [0.3, 0.4) is 0 Å². The lowest BCUT2D eigenvalue weighted by Gasteiger charge is -2.12. The van der Waals surface area contributed by atoms with Gasteiger partial charge < -0.3 is 10.3 Å². The molecule has 0 atom stereocenters. The van der Waals surface area contributed by atoms with E-state index in [0.717, 1.165) is 50.6 Å². The van der Waals surface area contributed by atoms with Crippen molar-refractivity contribution in [3.8, 4) is 22.6 Å². The highest BCUT2D eigenvalue weighted by Gasteiger charge is 2.07. The summed E-state index contributed by atoms with van der Waals surface area (Å²) < 4.78 is 0. The van der Waals surface area contributed by atoms with Crippen LogP contribution in [0.2, 0.25) is 0 Å². The van der Waals surface area contributed by atoms with Crippen LogP contribution in [0.4, 0.5) is 11.4 Å². The largest absolute Gasteiger partial charge is 0.355 e. The molecule has 0 spiro atoms. The summed E-state index contributed by atoms with van der Waals surface area (Å²) in [7, 11) is 0. The number of hydrogen-bond donors (Lipinski definition) is 2. The maximum absolute atomic E-state index is 4.70. The molecular weight excluding hydrogens is 358 g/mol. The molecule has 2 aromatic heterocycles. The fraction of sp³-hybridized carbons (Fsp3) is 0.0417. The Morgan fingerprint density at radius 2 is 1.76 bits per heavy atom. The van der Waals surface area contributed by atoms with E-state index in [1.165, 1.54) is 0 Å². The summed E-state index contributed by atoms with van der Waals surface area (Å²) in [6.45, 7) is 2.09. The molecule has 5 heteroatoms. The Morgan fingerprint density at radius 1 is 0.828 bits per heavy atom. The Labute approximate surface area is 168 Å². The maximum Gasteiger partial charge on any atom is 0.138 e. The highest BCUT2D eigenvalue weighted by atomic mass is 15.1. The van der Waals surface area contributed by atoms with Crippen LogP contribution in [0.5, 0.6) is 0 Å². The van der Waals surface area contributed by atoms with Crippen molar-refractivity contribution < 1.29 is 0 Å². The van der Waals surface area contributed by atoms with E-state index < -0.39 is 0 Å². The fourth-order valence-electron chi connectivity index (χ4n) is 3.41. The number of aromatic nitrogens is 4. The van der Waals surface area contributed by atoms with Crippen LogP contribution in [-0.2, 0) is 0 Å². The topological polar surface area (TPSA) is 66.5 Å². The molecule has 0 bridgehead atoms. The number of fused-ring (bicyclic) bond motifs is 1. The van der Waals surface area contributed by atoms with Gasteiger partial charge in [-0.2, -0.15) is 10.2 Å². The van der Waals surface area contributed by atoms with Crippen molar-refractivity contribution in [1.82, 2.24) is 20.2 Å². The van der Waals surface area contributed by atoms with Crippen LogP contribution in [0, 0.1) is 6.92 Å². The molecule has 0 aliphatic rings. The van der Waals surface area contributed by atoms with Gasteiger partial charge in [-0.25, -0.2) is 4.98 Å². The van der Waals surface area contributed by atoms with Gasteiger partial charge in [-0.1, -0.05) is 30.3 Å². The van der Waals surface area contributed by atoms with E-state index in [2.05, 4.69) is 63.8 Å². The lowest BCUT2D eigenvalue weighted by molar-refractivity contribution is 1.04. The Kier molecular flexibility index (Phi) is 4.26. The fourth-order valence-corrected chi connectivity index (χ4v) is 3.41. The highest BCUT2D eigenvalue weighted by molar-refractivity contribution is 5.80. The van der Waals surface area contributed by atoms with E-state index in [1.807, 2.05) is 42.5 Å². The Bertz CT molecular complexity index is 1260. The first-order valence-corrected chi connectivity index (χ1v) is 9.47. The lowest BCUT2D eigenvalue weighted by Crippen LogP contribution is -1.95. The van der Waals surface area contributed by atoms with Gasteiger partial charge in [0.15, 0.2) is 0 Å². The first kappa shape index (κ1) is 17.1. The van der Waals surface area contributed by atoms with Crippen molar-refractivity contribution in [3.05, 3.63) is 90.6 Å². The number of para-hydroxylation sites is 2. The number of anilines is 2. The number of aryl methyl sites for hydroxylation is 1. The third-order valence-corrected chi connectivity index (χ3v) is 4.90. The molecular formula is C24H19N5. The second kappa shape index (κ2) is 7.20. The average Bonchev–Trinajstić information content (AvgIpc) is 3.20. The minimum Gasteiger partial charge on any atom is -0.355 e. The van der Waals surface area contributed by atoms with Crippen molar-refractivity contribution in [3.63, 3.8) is 0 Å². The van der Waals surface area contributed by atoms with Crippen LogP contribution in [-0.4, -0.2) is 20.2 Å². The number of nitrogens with one attached hydrogen (secondary N) is 2. The molecule has 140 valence electrons. The van der Waals surface area contributed by atoms with Gasteiger partial charge in [-0.05, 0) is 61.0 Å². The standard InChI is InChI=1S/C24H19N5/c1-16-14-17(21-10-5-13-25-29-21)11-12-20(16)26-19-7-4-6-18(15-19)24-27-22-8-2-3-9-23(22)28-24/h2-15,26H,1H3,(H,27,28). The molecule has 0 aliphatic heterocycles. The van der Waals surface area contributed by atoms with Crippen molar-refractivity contribution >= 4 is 22.4 Å². The molecule has 5 aromatic rings. The minimum absolute atomic E-state index is 0.865. The Hall–Kier alpha value is -3.99. The van der Waals surface area contributed by atoms with E-state index in [-0.39, 0.29) is 0 Å². The van der Waals surface area contributed by atoms with Crippen LogP contribution in [0.25, 0.3) is 33.7 Å². The van der Waals surface area contributed by atoms with Crippen LogP contribution < -0.4 is 5.32 Å². The molecule has 2 N–H and O–H groups in total. The summed E-state index contributed by atoms with van der Waals surface area (Å²) in [4.78, 5) is 8.09. The predicted molar refractivity (Wildman–Crippen MR) is 117 cm³/mol. The van der Waals surface area contributed by atoms with Gasteiger partial charge in [-0.15, -0.1) is 0 Å². The second-order valence-corrected chi connectivity index (χ2v) is 6.95. The number of nitrogens with zero attached hydrogens (tertiary/aromatic N) is 3. The first-order chi connectivity index (χ1) is 14.3. The zero-order chi connectivity index (χ0) is 19.6. The van der Waals surface area contributed by atoms with Crippen molar-refractivity contribution in [2.45, 2.75) is 6.92 Å². The van der Waals surface area contributed by atoms with Gasteiger partial charge >= 0.3 is 0 Å². The molecule has 0 saturated heterocycles. The predicted octanol–water partition coefficient (Wildman–Crippen LogP) is 5.74. The van der Waals surface area contributed by atoms with Crippen LogP contribution in [0.1, 0.15) is 5.56 Å². The normalized spacial score (nSPS) is 10.9. The second-order valence-electron chi connectivity index (χ2n) is 6.95. The summed E-state index contributed by atoms with van der Waals surface area (Å²) in [6, 6.07) is 26.4. The van der Waals surface area contributed by atoms with Crippen molar-refractivity contribution in [2.24, 2.45) is 0 Å². The van der Waals surface area contributed by atoms with Gasteiger partial charge in [0.1, 0.15) is 5.82 Å². The monoisotopic (exact) mass is 377 g/mol. The summed E-state index contributed by atoms with van der Waals surface area (Å²) in [5.74, 6) is 0.865. The molecule has 3 aromatic carbocycles. The van der Waals surface area contributed by atoms with Crippen molar-refractivity contribution in [2.75, 3.05) is 5.32 Å². The third kappa shape index (κ3) is 3.46. The Morgan fingerprint density at radius 3 is 2.59 bits per heavy atom. The molecule has 29 heavy (non-hydrogen) atoms. The number of rotatable bonds is 4. The van der Waals surface area contributed by atoms with Gasteiger partial charge in [0.25, 0.3) is 0 Å². The SMILES string of the molecule is Cc1cc(-c2cccnn2)ccc1Nc1cccc(-c2nc3ccccc3[nH]2)c1. The third-order valence-electron chi connectivity index (χ3n) is 4.90. The smallest absolute Gasteiger partial charge is 0.138 e. The first-order valence-electron chi connectivity index (χ1n) is 9.47.